The van der Waals surface area contributed by atoms with Crippen LogP contribution in [0.1, 0.15) is 6.42 Å². The molecule has 0 amide bonds. The molecule has 0 aliphatic rings. The fourth-order valence-electron chi connectivity index (χ4n) is 2.76. The van der Waals surface area contributed by atoms with Gasteiger partial charge in [-0.3, -0.25) is 0 Å². The first-order valence-electron chi connectivity index (χ1n) is 8.70. The van der Waals surface area contributed by atoms with E-state index in [9.17, 15) is 8.42 Å². The summed E-state index contributed by atoms with van der Waals surface area (Å²) < 4.78 is 32.5. The summed E-state index contributed by atoms with van der Waals surface area (Å²) in [7, 11) is -1.56. The van der Waals surface area contributed by atoms with Gasteiger partial charge in [-0.15, -0.1) is 32.9 Å². The van der Waals surface area contributed by atoms with Gasteiger partial charge in [-0.1, -0.05) is 6.07 Å². The minimum atomic E-state index is -3.25. The molecule has 0 atom stereocenters. The Morgan fingerprint density at radius 3 is 2.83 bits per heavy atom. The summed E-state index contributed by atoms with van der Waals surface area (Å²) in [5, 5.41) is 11.6. The first kappa shape index (κ1) is 20.5. The lowest BCUT2D eigenvalue weighted by Crippen LogP contribution is -2.04. The van der Waals surface area contributed by atoms with Crippen LogP contribution in [-0.2, 0) is 21.1 Å². The van der Waals surface area contributed by atoms with Crippen LogP contribution in [0.4, 0.5) is 0 Å². The highest BCUT2D eigenvalue weighted by molar-refractivity contribution is 8.01. The third-order valence-corrected chi connectivity index (χ3v) is 8.17. The zero-order valence-corrected chi connectivity index (χ0v) is 19.0. The number of benzene rings is 1. The highest BCUT2D eigenvalue weighted by atomic mass is 32.2. The zero-order valence-electron chi connectivity index (χ0n) is 15.7. The number of thiazole rings is 1. The lowest BCUT2D eigenvalue weighted by molar-refractivity contribution is 0.189. The van der Waals surface area contributed by atoms with Crippen LogP contribution in [-0.4, -0.2) is 48.1 Å². The maximum Gasteiger partial charge on any atom is 0.198 e. The van der Waals surface area contributed by atoms with E-state index in [1.807, 2.05) is 17.5 Å². The van der Waals surface area contributed by atoms with Gasteiger partial charge in [0, 0.05) is 26.5 Å². The topological polar surface area (TPSA) is 87.0 Å². The van der Waals surface area contributed by atoms with Gasteiger partial charge in [0.25, 0.3) is 0 Å². The van der Waals surface area contributed by atoms with Crippen molar-refractivity contribution < 1.29 is 13.2 Å². The molecule has 0 N–H and O–H groups in total. The van der Waals surface area contributed by atoms with E-state index in [0.29, 0.717) is 11.5 Å². The Kier molecular flexibility index (Phi) is 6.02. The normalized spacial score (nSPS) is 12.1. The number of fused-ring (bicyclic) bond motifs is 1. The number of hydrogen-bond donors (Lipinski definition) is 0. The number of ether oxygens (including phenoxy) is 1. The first-order chi connectivity index (χ1) is 14.0. The van der Waals surface area contributed by atoms with E-state index in [-0.39, 0.29) is 0 Å². The van der Waals surface area contributed by atoms with Crippen LogP contribution >= 0.6 is 34.4 Å². The summed E-state index contributed by atoms with van der Waals surface area (Å²) in [5.41, 5.74) is 0.772. The predicted molar refractivity (Wildman–Crippen MR) is 117 cm³/mol. The van der Waals surface area contributed by atoms with Gasteiger partial charge in [0.2, 0.25) is 0 Å². The SMILES string of the molecule is COCCCn1c(Sc2nc3ccc(S(C)(=O)=O)cc3s2)nnc1-c1cccs1. The molecule has 4 rings (SSSR count). The Morgan fingerprint density at radius 2 is 2.10 bits per heavy atom. The van der Waals surface area contributed by atoms with Crippen molar-refractivity contribution in [3.63, 3.8) is 0 Å². The first-order valence-corrected chi connectivity index (χ1v) is 13.1. The van der Waals surface area contributed by atoms with Crippen LogP contribution in [0.3, 0.4) is 0 Å². The predicted octanol–water partition coefficient (Wildman–Crippen LogP) is 4.21. The van der Waals surface area contributed by atoms with E-state index in [1.54, 1.807) is 36.6 Å². The molecule has 152 valence electrons. The smallest absolute Gasteiger partial charge is 0.198 e. The lowest BCUT2D eigenvalue weighted by Gasteiger charge is -2.08. The van der Waals surface area contributed by atoms with Gasteiger partial charge in [-0.2, -0.15) is 0 Å². The van der Waals surface area contributed by atoms with Gasteiger partial charge in [0.05, 0.1) is 20.0 Å². The Hall–Kier alpha value is -1.79. The van der Waals surface area contributed by atoms with Gasteiger partial charge in [-0.05, 0) is 47.8 Å². The van der Waals surface area contributed by atoms with E-state index in [0.717, 1.165) is 43.4 Å². The fourth-order valence-corrected chi connectivity index (χ4v) is 6.26. The lowest BCUT2D eigenvalue weighted by atomic mass is 10.3. The summed E-state index contributed by atoms with van der Waals surface area (Å²) in [6.45, 7) is 1.39. The minimum Gasteiger partial charge on any atom is -0.385 e. The molecule has 4 aromatic rings. The highest BCUT2D eigenvalue weighted by Gasteiger charge is 2.18. The Bertz CT molecular complexity index is 1230. The van der Waals surface area contributed by atoms with E-state index in [4.69, 9.17) is 4.74 Å². The molecule has 7 nitrogen and oxygen atoms in total. The van der Waals surface area contributed by atoms with Gasteiger partial charge in [0.15, 0.2) is 25.2 Å². The van der Waals surface area contributed by atoms with Crippen molar-refractivity contribution in [2.24, 2.45) is 0 Å². The second-order valence-electron chi connectivity index (χ2n) is 6.27. The summed E-state index contributed by atoms with van der Waals surface area (Å²) >= 11 is 4.51. The molecule has 0 unspecified atom stereocenters. The molecular weight excluding hydrogens is 448 g/mol. The van der Waals surface area contributed by atoms with Crippen molar-refractivity contribution in [2.45, 2.75) is 27.4 Å². The van der Waals surface area contributed by atoms with Gasteiger partial charge in [-0.25, -0.2) is 13.4 Å². The monoisotopic (exact) mass is 466 g/mol. The molecule has 29 heavy (non-hydrogen) atoms. The number of thiophene rings is 1. The number of methoxy groups -OCH3 is 1. The van der Waals surface area contributed by atoms with Crippen molar-refractivity contribution in [2.75, 3.05) is 20.0 Å². The molecule has 0 aliphatic heterocycles. The molecule has 3 heterocycles. The molecule has 0 bridgehead atoms. The van der Waals surface area contributed by atoms with Crippen molar-refractivity contribution in [1.29, 1.82) is 0 Å². The molecule has 1 aromatic carbocycles. The molecule has 0 fully saturated rings. The van der Waals surface area contributed by atoms with Crippen molar-refractivity contribution in [1.82, 2.24) is 19.7 Å². The van der Waals surface area contributed by atoms with Crippen LogP contribution in [0, 0.1) is 0 Å². The summed E-state index contributed by atoms with van der Waals surface area (Å²) in [6.07, 6.45) is 2.05. The third-order valence-electron chi connectivity index (χ3n) is 4.14. The highest BCUT2D eigenvalue weighted by Crippen LogP contribution is 2.36. The second kappa shape index (κ2) is 8.52. The Labute approximate surface area is 180 Å². The van der Waals surface area contributed by atoms with Gasteiger partial charge >= 0.3 is 0 Å². The largest absolute Gasteiger partial charge is 0.385 e. The van der Waals surface area contributed by atoms with Crippen LogP contribution in [0.15, 0.2) is 50.1 Å². The fraction of sp³-hybridized carbons (Fsp3) is 0.278. The van der Waals surface area contributed by atoms with Crippen LogP contribution in [0.25, 0.3) is 20.9 Å². The van der Waals surface area contributed by atoms with Crippen molar-refractivity contribution >= 4 is 54.5 Å². The molecule has 0 radical (unpaired) electrons. The van der Waals surface area contributed by atoms with E-state index in [2.05, 4.69) is 19.7 Å². The zero-order chi connectivity index (χ0) is 20.4. The summed E-state index contributed by atoms with van der Waals surface area (Å²) in [6, 6.07) is 9.03. The van der Waals surface area contributed by atoms with Crippen molar-refractivity contribution in [3.05, 3.63) is 35.7 Å². The van der Waals surface area contributed by atoms with Crippen LogP contribution in [0.2, 0.25) is 0 Å². The standard InChI is InChI=1S/C18H18N4O3S4/c1-25-9-4-8-22-16(14-5-3-10-26-14)20-21-17(22)28-18-19-13-7-6-12(29(2,23)24)11-15(13)27-18/h3,5-7,10-11H,4,8-9H2,1-2H3. The Morgan fingerprint density at radius 1 is 1.24 bits per heavy atom. The maximum atomic E-state index is 11.8. The van der Waals surface area contributed by atoms with E-state index in [1.165, 1.54) is 29.4 Å². The summed E-state index contributed by atoms with van der Waals surface area (Å²) in [5.74, 6) is 0.832. The van der Waals surface area contributed by atoms with Crippen molar-refractivity contribution in [3.8, 4) is 10.7 Å². The minimum absolute atomic E-state index is 0.299. The number of hydrogen-bond acceptors (Lipinski definition) is 9. The molecule has 11 heteroatoms. The number of sulfone groups is 1. The quantitative estimate of drug-likeness (QED) is 0.360. The van der Waals surface area contributed by atoms with Crippen LogP contribution < -0.4 is 0 Å². The molecular formula is C18H18N4O3S4. The van der Waals surface area contributed by atoms with Gasteiger partial charge in [0.1, 0.15) is 0 Å². The molecule has 0 saturated heterocycles. The number of aromatic nitrogens is 4. The average molecular weight is 467 g/mol. The average Bonchev–Trinajstić information content (AvgIpc) is 3.40. The van der Waals surface area contributed by atoms with E-state index >= 15 is 0 Å². The Balaban J connectivity index is 1.66. The van der Waals surface area contributed by atoms with E-state index < -0.39 is 9.84 Å². The molecule has 3 aromatic heterocycles. The maximum absolute atomic E-state index is 11.8. The summed E-state index contributed by atoms with van der Waals surface area (Å²) in [4.78, 5) is 5.98. The van der Waals surface area contributed by atoms with Crippen LogP contribution in [0.5, 0.6) is 0 Å². The second-order valence-corrected chi connectivity index (χ2v) is 11.5. The number of nitrogens with zero attached hydrogens (tertiary/aromatic N) is 4. The van der Waals surface area contributed by atoms with Gasteiger partial charge < -0.3 is 9.30 Å². The number of rotatable bonds is 8. The molecule has 0 aliphatic carbocycles. The molecule has 0 spiro atoms. The molecule has 0 saturated carbocycles. The third kappa shape index (κ3) is 4.53.